The van der Waals surface area contributed by atoms with Gasteiger partial charge in [0.25, 0.3) is 11.6 Å². The first kappa shape index (κ1) is 18.4. The van der Waals surface area contributed by atoms with Gasteiger partial charge in [0.05, 0.1) is 4.92 Å². The van der Waals surface area contributed by atoms with E-state index in [9.17, 15) is 19.7 Å². The van der Waals surface area contributed by atoms with Crippen molar-refractivity contribution in [1.29, 1.82) is 0 Å². The Morgan fingerprint density at radius 3 is 2.58 bits per heavy atom. The molecule has 1 N–H and O–H groups in total. The zero-order chi connectivity index (χ0) is 18.8. The highest BCUT2D eigenvalue weighted by atomic mass is 16.6. The smallest absolute Gasteiger partial charge is 0.306 e. The maximum Gasteiger partial charge on any atom is 0.306 e. The molecule has 2 saturated carbocycles. The number of aryl methyl sites for hydroxylation is 2. The lowest BCUT2D eigenvalue weighted by Gasteiger charge is -2.20. The second kappa shape index (κ2) is 7.43. The minimum absolute atomic E-state index is 0.118. The number of hydrogen-bond donors (Lipinski definition) is 1. The molecule has 0 heterocycles. The maximum atomic E-state index is 12.0. The summed E-state index contributed by atoms with van der Waals surface area (Å²) in [6.45, 7) is 3.15. The highest BCUT2D eigenvalue weighted by Gasteiger charge is 2.40. The van der Waals surface area contributed by atoms with Crippen LogP contribution in [0.5, 0.6) is 0 Å². The van der Waals surface area contributed by atoms with Crippen LogP contribution in [0.15, 0.2) is 12.1 Å². The molecule has 0 aliphatic heterocycles. The normalized spacial score (nSPS) is 23.7. The van der Waals surface area contributed by atoms with Crippen molar-refractivity contribution >= 4 is 23.3 Å². The van der Waals surface area contributed by atoms with Gasteiger partial charge in [-0.05, 0) is 68.1 Å². The Morgan fingerprint density at radius 2 is 1.96 bits per heavy atom. The molecule has 3 rings (SSSR count). The van der Waals surface area contributed by atoms with Crippen LogP contribution < -0.4 is 5.32 Å². The Labute approximate surface area is 152 Å². The third-order valence-electron chi connectivity index (χ3n) is 5.76. The van der Waals surface area contributed by atoms with Crippen molar-refractivity contribution in [3.63, 3.8) is 0 Å². The molecule has 7 heteroatoms. The van der Waals surface area contributed by atoms with Gasteiger partial charge in [-0.3, -0.25) is 19.7 Å². The molecule has 3 atom stereocenters. The van der Waals surface area contributed by atoms with Crippen LogP contribution in [0.1, 0.15) is 43.2 Å². The minimum Gasteiger partial charge on any atom is -0.456 e. The summed E-state index contributed by atoms with van der Waals surface area (Å²) in [5, 5.41) is 13.6. The highest BCUT2D eigenvalue weighted by molar-refractivity contribution is 5.95. The van der Waals surface area contributed by atoms with Crippen molar-refractivity contribution in [2.75, 3.05) is 11.9 Å². The molecule has 1 amide bonds. The first-order chi connectivity index (χ1) is 12.3. The van der Waals surface area contributed by atoms with Crippen molar-refractivity contribution in [3.05, 3.63) is 33.4 Å². The SMILES string of the molecule is Cc1cc(NC(=O)COC(=O)C[C@H]2C[C@@H]3CC[C@@H]2C3)c([N+](=O)[O-])cc1C. The molecule has 0 aromatic heterocycles. The Bertz CT molecular complexity index is 746. The number of ether oxygens (including phenoxy) is 1. The van der Waals surface area contributed by atoms with Gasteiger partial charge in [-0.2, -0.15) is 0 Å². The summed E-state index contributed by atoms with van der Waals surface area (Å²) in [5.41, 5.74) is 1.55. The van der Waals surface area contributed by atoms with Crippen LogP contribution in [0.4, 0.5) is 11.4 Å². The number of nitro benzene ring substituents is 1. The summed E-state index contributed by atoms with van der Waals surface area (Å²) >= 11 is 0. The van der Waals surface area contributed by atoms with Crippen LogP contribution in [0, 0.1) is 41.7 Å². The fraction of sp³-hybridized carbons (Fsp3) is 0.579. The molecule has 2 fully saturated rings. The second-order valence-electron chi connectivity index (χ2n) is 7.56. The number of benzene rings is 1. The van der Waals surface area contributed by atoms with Crippen LogP contribution in [-0.2, 0) is 14.3 Å². The molecule has 0 radical (unpaired) electrons. The average molecular weight is 360 g/mol. The molecule has 2 aliphatic carbocycles. The van der Waals surface area contributed by atoms with Crippen LogP contribution in [-0.4, -0.2) is 23.4 Å². The van der Waals surface area contributed by atoms with Crippen LogP contribution in [0.25, 0.3) is 0 Å². The Kier molecular flexibility index (Phi) is 5.25. The van der Waals surface area contributed by atoms with Crippen molar-refractivity contribution < 1.29 is 19.2 Å². The number of nitrogens with one attached hydrogen (secondary N) is 1. The number of fused-ring (bicyclic) bond motifs is 2. The second-order valence-corrected chi connectivity index (χ2v) is 7.56. The van der Waals surface area contributed by atoms with Crippen molar-refractivity contribution in [2.24, 2.45) is 17.8 Å². The average Bonchev–Trinajstić information content (AvgIpc) is 3.18. The molecule has 0 spiro atoms. The van der Waals surface area contributed by atoms with E-state index < -0.39 is 17.4 Å². The number of nitro groups is 1. The largest absolute Gasteiger partial charge is 0.456 e. The molecular weight excluding hydrogens is 336 g/mol. The molecule has 0 saturated heterocycles. The van der Waals surface area contributed by atoms with E-state index in [1.807, 2.05) is 6.92 Å². The van der Waals surface area contributed by atoms with E-state index in [0.717, 1.165) is 23.5 Å². The van der Waals surface area contributed by atoms with E-state index in [4.69, 9.17) is 4.74 Å². The van der Waals surface area contributed by atoms with Gasteiger partial charge in [-0.1, -0.05) is 6.42 Å². The first-order valence-corrected chi connectivity index (χ1v) is 9.04. The Hall–Kier alpha value is -2.44. The predicted molar refractivity (Wildman–Crippen MR) is 95.7 cm³/mol. The number of carbonyl (C=O) groups excluding carboxylic acids is 2. The zero-order valence-electron chi connectivity index (χ0n) is 15.1. The third kappa shape index (κ3) is 4.03. The van der Waals surface area contributed by atoms with Crippen molar-refractivity contribution in [3.8, 4) is 0 Å². The highest BCUT2D eigenvalue weighted by Crippen LogP contribution is 2.49. The molecule has 0 unspecified atom stereocenters. The molecule has 140 valence electrons. The van der Waals surface area contributed by atoms with Gasteiger partial charge in [-0.25, -0.2) is 0 Å². The third-order valence-corrected chi connectivity index (χ3v) is 5.76. The number of amides is 1. The molecule has 1 aromatic carbocycles. The Morgan fingerprint density at radius 1 is 1.23 bits per heavy atom. The Balaban J connectivity index is 1.52. The van der Waals surface area contributed by atoms with Gasteiger partial charge >= 0.3 is 5.97 Å². The fourth-order valence-electron chi connectivity index (χ4n) is 4.28. The predicted octanol–water partition coefficient (Wildman–Crippen LogP) is 3.52. The number of anilines is 1. The lowest BCUT2D eigenvalue weighted by molar-refractivity contribution is -0.384. The monoisotopic (exact) mass is 360 g/mol. The number of hydrogen-bond acceptors (Lipinski definition) is 5. The van der Waals surface area contributed by atoms with Crippen molar-refractivity contribution in [1.82, 2.24) is 0 Å². The first-order valence-electron chi connectivity index (χ1n) is 9.04. The molecule has 26 heavy (non-hydrogen) atoms. The number of nitrogens with zero attached hydrogens (tertiary/aromatic N) is 1. The summed E-state index contributed by atoms with van der Waals surface area (Å²) in [6.07, 6.45) is 5.13. The number of carbonyl (C=O) groups is 2. The van der Waals surface area contributed by atoms with Crippen LogP contribution in [0.2, 0.25) is 0 Å². The minimum atomic E-state index is -0.572. The standard InChI is InChI=1S/C19H24N2O5/c1-11-5-16(17(21(24)25)6-12(11)2)20-18(22)10-26-19(23)9-15-8-13-3-4-14(15)7-13/h5-6,13-15H,3-4,7-10H2,1-2H3,(H,20,22)/t13-,14-,15-/m1/s1. The summed E-state index contributed by atoms with van der Waals surface area (Å²) in [6, 6.07) is 2.98. The maximum absolute atomic E-state index is 12.0. The summed E-state index contributed by atoms with van der Waals surface area (Å²) < 4.78 is 5.08. The van der Waals surface area contributed by atoms with Crippen molar-refractivity contribution in [2.45, 2.75) is 46.0 Å². The van der Waals surface area contributed by atoms with Gasteiger partial charge in [0.15, 0.2) is 6.61 Å². The van der Waals surface area contributed by atoms with Gasteiger partial charge in [0.2, 0.25) is 0 Å². The van der Waals surface area contributed by atoms with Crippen LogP contribution >= 0.6 is 0 Å². The zero-order valence-corrected chi connectivity index (χ0v) is 15.1. The molecule has 7 nitrogen and oxygen atoms in total. The van der Waals surface area contributed by atoms with E-state index in [0.29, 0.717) is 18.3 Å². The van der Waals surface area contributed by atoms with E-state index in [-0.39, 0.29) is 17.3 Å². The lowest BCUT2D eigenvalue weighted by atomic mass is 9.86. The lowest BCUT2D eigenvalue weighted by Crippen LogP contribution is -2.23. The van der Waals surface area contributed by atoms with E-state index in [2.05, 4.69) is 5.32 Å². The quantitative estimate of drug-likeness (QED) is 0.475. The summed E-state index contributed by atoms with van der Waals surface area (Å²) in [5.74, 6) is 0.820. The fourth-order valence-corrected chi connectivity index (χ4v) is 4.28. The van der Waals surface area contributed by atoms with Gasteiger partial charge in [-0.15, -0.1) is 0 Å². The molecule has 2 bridgehead atoms. The summed E-state index contributed by atoms with van der Waals surface area (Å²) in [7, 11) is 0. The van der Waals surface area contributed by atoms with Crippen LogP contribution in [0.3, 0.4) is 0 Å². The molecular formula is C19H24N2O5. The van der Waals surface area contributed by atoms with E-state index in [1.54, 1.807) is 13.0 Å². The molecule has 2 aliphatic rings. The number of esters is 1. The van der Waals surface area contributed by atoms with Gasteiger partial charge in [0, 0.05) is 12.5 Å². The topological polar surface area (TPSA) is 98.5 Å². The van der Waals surface area contributed by atoms with Gasteiger partial charge < -0.3 is 10.1 Å². The van der Waals surface area contributed by atoms with Gasteiger partial charge in [0.1, 0.15) is 5.69 Å². The van der Waals surface area contributed by atoms with E-state index in [1.165, 1.54) is 25.3 Å². The number of rotatable bonds is 6. The summed E-state index contributed by atoms with van der Waals surface area (Å²) in [4.78, 5) is 34.7. The molecule has 1 aromatic rings. The van der Waals surface area contributed by atoms with E-state index >= 15 is 0 Å².